The molecule has 4 saturated heterocycles. The molecule has 5 rings (SSSR count). The highest BCUT2D eigenvalue weighted by atomic mass is 16.8. The summed E-state index contributed by atoms with van der Waals surface area (Å²) >= 11 is 0. The molecule has 23 atom stereocenters. The van der Waals surface area contributed by atoms with Crippen LogP contribution in [-0.2, 0) is 33.2 Å². The van der Waals surface area contributed by atoms with Crippen molar-refractivity contribution in [1.82, 2.24) is 5.32 Å². The Kier molecular flexibility index (Phi) is 15.0. The van der Waals surface area contributed by atoms with Crippen LogP contribution in [0.1, 0.15) is 6.92 Å². The average Bonchev–Trinajstić information content (AvgIpc) is 3.17. The number of aliphatic hydroxyl groups excluding tert-OH is 15. The number of aliphatic hydroxyl groups is 16. The molecule has 4 aliphatic heterocycles. The number of rotatable bonds is 12. The highest BCUT2D eigenvalue weighted by Gasteiger charge is 2.56. The van der Waals surface area contributed by atoms with Gasteiger partial charge < -0.3 is 120 Å². The van der Waals surface area contributed by atoms with Crippen molar-refractivity contribution in [3.8, 4) is 0 Å². The van der Waals surface area contributed by atoms with Crippen LogP contribution in [0.2, 0.25) is 0 Å². The molecule has 9 unspecified atom stereocenters. The van der Waals surface area contributed by atoms with E-state index in [2.05, 4.69) is 5.32 Å². The van der Waals surface area contributed by atoms with Gasteiger partial charge >= 0.3 is 0 Å². The molecule has 0 aromatic rings. The molecule has 0 bridgehead atoms. The van der Waals surface area contributed by atoms with Crippen molar-refractivity contribution in [2.45, 2.75) is 147 Å². The van der Waals surface area contributed by atoms with Crippen molar-refractivity contribution < 1.29 is 115 Å². The van der Waals surface area contributed by atoms with E-state index in [1.54, 1.807) is 0 Å². The first-order chi connectivity index (χ1) is 25.9. The van der Waals surface area contributed by atoms with E-state index >= 15 is 0 Å². The summed E-state index contributed by atoms with van der Waals surface area (Å²) in [5, 5.41) is 170. The molecule has 4 fully saturated rings. The Morgan fingerprint density at radius 2 is 1.15 bits per heavy atom. The van der Waals surface area contributed by atoms with Crippen LogP contribution in [0.4, 0.5) is 0 Å². The zero-order valence-electron chi connectivity index (χ0n) is 29.3. The van der Waals surface area contributed by atoms with Crippen molar-refractivity contribution in [1.29, 1.82) is 0 Å². The van der Waals surface area contributed by atoms with Crippen LogP contribution in [0.25, 0.3) is 0 Å². The summed E-state index contributed by atoms with van der Waals surface area (Å²) in [6, 6.07) is -2.26. The first-order valence-electron chi connectivity index (χ1n) is 17.6. The van der Waals surface area contributed by atoms with Crippen LogP contribution < -0.4 is 5.32 Å². The van der Waals surface area contributed by atoms with Gasteiger partial charge in [-0.15, -0.1) is 0 Å². The summed E-state index contributed by atoms with van der Waals surface area (Å²) < 4.78 is 38.5. The van der Waals surface area contributed by atoms with Crippen LogP contribution in [0.5, 0.6) is 0 Å². The fourth-order valence-corrected chi connectivity index (χ4v) is 7.25. The number of ether oxygens (including phenoxy) is 7. The molecule has 24 heteroatoms. The molecule has 1 aliphatic carbocycles. The molecule has 0 spiro atoms. The fourth-order valence-electron chi connectivity index (χ4n) is 7.25. The topological polar surface area (TPSA) is 400 Å². The summed E-state index contributed by atoms with van der Waals surface area (Å²) in [4.78, 5) is 0. The van der Waals surface area contributed by atoms with Gasteiger partial charge in [-0.2, -0.15) is 0 Å². The van der Waals surface area contributed by atoms with E-state index in [4.69, 9.17) is 33.2 Å². The highest BCUT2D eigenvalue weighted by Crippen LogP contribution is 2.35. The normalized spacial score (nSPS) is 52.5. The molecular formula is C31H53NO23. The maximum Gasteiger partial charge on any atom is 0.218 e. The van der Waals surface area contributed by atoms with Gasteiger partial charge in [0.05, 0.1) is 51.2 Å². The van der Waals surface area contributed by atoms with Gasteiger partial charge in [0, 0.05) is 0 Å². The second kappa shape index (κ2) is 18.4. The molecule has 4 heterocycles. The van der Waals surface area contributed by atoms with Crippen molar-refractivity contribution >= 4 is 0 Å². The van der Waals surface area contributed by atoms with Crippen LogP contribution in [0, 0.1) is 0 Å². The smallest absolute Gasteiger partial charge is 0.218 e. The minimum absolute atomic E-state index is 0.00382. The zero-order chi connectivity index (χ0) is 40.7. The Labute approximate surface area is 312 Å². The van der Waals surface area contributed by atoms with Crippen LogP contribution in [0.3, 0.4) is 0 Å². The molecular weight excluding hydrogens is 754 g/mol. The molecule has 0 saturated carbocycles. The lowest BCUT2D eigenvalue weighted by molar-refractivity contribution is -0.391. The molecule has 17 N–H and O–H groups in total. The van der Waals surface area contributed by atoms with E-state index in [1.165, 1.54) is 13.0 Å². The van der Waals surface area contributed by atoms with E-state index in [0.717, 1.165) is 0 Å². The lowest BCUT2D eigenvalue weighted by Crippen LogP contribution is -2.69. The standard InChI is InChI=1S/C31H53NO23/c1-8-14(32-10-2-9(3-33)15(38)18(41)16(10)39)17(40)21(44)28(50-8)54-25-12(4-34)52-30(23(46)20(25)43)55-26-13(5-35)51-29(22(45)19(26)42)53-24-11(37)6-49-31(48,7-36)27(24)47/h2,8,10-30,32-48H,3-7H2,1H3/t8?,10-,11-,12?,13?,14+,15-,16?,17-,18-,19+,20+,21?,22?,23?,24+,25+,26+,27?,28+,29+,30+,31?/m1/s1. The van der Waals surface area contributed by atoms with Gasteiger partial charge in [-0.05, 0) is 12.5 Å². The quantitative estimate of drug-likeness (QED) is 0.0814. The lowest BCUT2D eigenvalue weighted by Gasteiger charge is -2.49. The second-order valence-electron chi connectivity index (χ2n) is 14.3. The Balaban J connectivity index is 1.22. The van der Waals surface area contributed by atoms with Crippen molar-refractivity contribution in [3.05, 3.63) is 11.6 Å². The second-order valence-corrected chi connectivity index (χ2v) is 14.3. The molecule has 0 aromatic heterocycles. The minimum atomic E-state index is -2.55. The summed E-state index contributed by atoms with van der Waals surface area (Å²) in [7, 11) is 0. The minimum Gasteiger partial charge on any atom is -0.394 e. The third-order valence-corrected chi connectivity index (χ3v) is 10.6. The summed E-state index contributed by atoms with van der Waals surface area (Å²) in [5.41, 5.74) is -0.00382. The SMILES string of the molecule is CC1O[C@@H](O[C@H]2C(CO)O[C@@H](O[C@H]3C(CO)O[C@@H](O[C@@H]4C(O)C(O)(CO)OC[C@H]4O)C(O)[C@@H]3O)C(O)[C@@H]2O)C(O)[C@H](O)[C@H]1N[C@@H]1C=C(CO)[C@@H](O)[C@@H](O)C1O. The Morgan fingerprint density at radius 3 is 1.64 bits per heavy atom. The van der Waals surface area contributed by atoms with E-state index in [-0.39, 0.29) is 5.57 Å². The maximum absolute atomic E-state index is 11.1. The molecule has 24 nitrogen and oxygen atoms in total. The summed E-state index contributed by atoms with van der Waals surface area (Å²) in [6.07, 6.45) is -33.7. The van der Waals surface area contributed by atoms with Gasteiger partial charge in [0.15, 0.2) is 18.9 Å². The fraction of sp³-hybridized carbons (Fsp3) is 0.935. The predicted octanol–water partition coefficient (Wildman–Crippen LogP) is -10.7. The van der Waals surface area contributed by atoms with Crippen molar-refractivity contribution in [3.63, 3.8) is 0 Å². The van der Waals surface area contributed by atoms with E-state index in [9.17, 15) is 81.7 Å². The van der Waals surface area contributed by atoms with Gasteiger partial charge in [-0.25, -0.2) is 0 Å². The van der Waals surface area contributed by atoms with E-state index in [1.807, 2.05) is 0 Å². The van der Waals surface area contributed by atoms with Gasteiger partial charge in [0.2, 0.25) is 5.79 Å². The number of hydrogen-bond acceptors (Lipinski definition) is 24. The summed E-state index contributed by atoms with van der Waals surface area (Å²) in [5.74, 6) is -2.55. The Hall–Kier alpha value is -1.22. The Bertz CT molecular complexity index is 1270. The third-order valence-electron chi connectivity index (χ3n) is 10.6. The molecule has 320 valence electrons. The third kappa shape index (κ3) is 8.88. The Morgan fingerprint density at radius 1 is 0.655 bits per heavy atom. The molecule has 55 heavy (non-hydrogen) atoms. The first kappa shape index (κ1) is 44.9. The van der Waals surface area contributed by atoms with Crippen molar-refractivity contribution in [2.75, 3.05) is 33.0 Å². The summed E-state index contributed by atoms with van der Waals surface area (Å²) in [6.45, 7) is -2.76. The van der Waals surface area contributed by atoms with E-state index < -0.39 is 174 Å². The van der Waals surface area contributed by atoms with Gasteiger partial charge in [0.25, 0.3) is 0 Å². The van der Waals surface area contributed by atoms with E-state index in [0.29, 0.717) is 0 Å². The number of hydrogen-bond donors (Lipinski definition) is 17. The van der Waals surface area contributed by atoms with Gasteiger partial charge in [-0.3, -0.25) is 0 Å². The first-order valence-corrected chi connectivity index (χ1v) is 17.6. The highest BCUT2D eigenvalue weighted by molar-refractivity contribution is 5.22. The number of nitrogens with one attached hydrogen (secondary N) is 1. The average molecular weight is 808 g/mol. The van der Waals surface area contributed by atoms with Gasteiger partial charge in [0.1, 0.15) is 97.7 Å². The van der Waals surface area contributed by atoms with Crippen LogP contribution in [0.15, 0.2) is 11.6 Å². The lowest BCUT2D eigenvalue weighted by atomic mass is 9.86. The maximum atomic E-state index is 11.1. The van der Waals surface area contributed by atoms with Crippen LogP contribution in [-0.4, -0.2) is 255 Å². The molecule has 0 aromatic carbocycles. The predicted molar refractivity (Wildman–Crippen MR) is 170 cm³/mol. The molecule has 0 radical (unpaired) electrons. The molecule has 5 aliphatic rings. The molecule has 0 amide bonds. The monoisotopic (exact) mass is 807 g/mol. The largest absolute Gasteiger partial charge is 0.394 e. The van der Waals surface area contributed by atoms with Gasteiger partial charge in [-0.1, -0.05) is 6.08 Å². The van der Waals surface area contributed by atoms with Crippen molar-refractivity contribution in [2.24, 2.45) is 0 Å². The van der Waals surface area contributed by atoms with Crippen LogP contribution >= 0.6 is 0 Å². The zero-order valence-corrected chi connectivity index (χ0v) is 29.3.